The first-order chi connectivity index (χ1) is 12.6. The van der Waals surface area contributed by atoms with Crippen molar-refractivity contribution in [3.63, 3.8) is 0 Å². The number of nitrogens with zero attached hydrogens (tertiary/aromatic N) is 3. The van der Waals surface area contributed by atoms with Crippen LogP contribution in [-0.2, 0) is 6.54 Å². The number of aromatic hydroxyl groups is 2. The Balaban J connectivity index is 1.51. The van der Waals surface area contributed by atoms with Gasteiger partial charge in [0.15, 0.2) is 0 Å². The number of rotatable bonds is 4. The maximum Gasteiger partial charge on any atom is 0.137 e. The molecule has 1 aliphatic rings. The van der Waals surface area contributed by atoms with Crippen molar-refractivity contribution in [2.45, 2.75) is 6.54 Å². The number of nitrogens with one attached hydrogen (secondary N) is 1. The molecule has 0 aliphatic carbocycles. The number of aromatic amines is 1. The topological polar surface area (TPSA) is 88.8 Å². The van der Waals surface area contributed by atoms with Crippen molar-refractivity contribution in [2.75, 3.05) is 31.1 Å². The quantitative estimate of drug-likeness (QED) is 0.650. The molecule has 1 saturated heterocycles. The molecule has 1 aromatic carbocycles. The van der Waals surface area contributed by atoms with Crippen molar-refractivity contribution >= 4 is 17.3 Å². The van der Waals surface area contributed by atoms with Crippen LogP contribution in [0.5, 0.6) is 11.5 Å². The zero-order chi connectivity index (χ0) is 18.1. The van der Waals surface area contributed by atoms with Crippen molar-refractivity contribution in [3.05, 3.63) is 47.5 Å². The number of phenols is 2. The Morgan fingerprint density at radius 1 is 1.15 bits per heavy atom. The van der Waals surface area contributed by atoms with Crippen molar-refractivity contribution in [1.82, 2.24) is 15.1 Å². The summed E-state index contributed by atoms with van der Waals surface area (Å²) in [6, 6.07) is 6.65. The molecule has 0 saturated carbocycles. The van der Waals surface area contributed by atoms with E-state index in [4.69, 9.17) is 16.0 Å². The van der Waals surface area contributed by atoms with E-state index in [0.29, 0.717) is 11.3 Å². The molecule has 0 unspecified atom stereocenters. The fourth-order valence-electron chi connectivity index (χ4n) is 3.23. The number of H-pyrrole nitrogens is 1. The molecule has 3 heterocycles. The van der Waals surface area contributed by atoms with Crippen molar-refractivity contribution < 1.29 is 14.6 Å². The predicted molar refractivity (Wildman–Crippen MR) is 98.6 cm³/mol. The minimum Gasteiger partial charge on any atom is -0.507 e. The highest BCUT2D eigenvalue weighted by Crippen LogP contribution is 2.40. The third kappa shape index (κ3) is 3.23. The van der Waals surface area contributed by atoms with Gasteiger partial charge in [0, 0.05) is 44.0 Å². The molecular weight excluding hydrogens is 356 g/mol. The van der Waals surface area contributed by atoms with Crippen molar-refractivity contribution in [2.24, 2.45) is 0 Å². The van der Waals surface area contributed by atoms with Gasteiger partial charge >= 0.3 is 0 Å². The number of benzene rings is 1. The van der Waals surface area contributed by atoms with E-state index in [2.05, 4.69) is 20.0 Å². The van der Waals surface area contributed by atoms with Crippen LogP contribution < -0.4 is 4.90 Å². The molecule has 0 radical (unpaired) electrons. The van der Waals surface area contributed by atoms with Gasteiger partial charge in [-0.15, -0.1) is 0 Å². The molecule has 2 aromatic heterocycles. The van der Waals surface area contributed by atoms with E-state index in [1.165, 1.54) is 12.1 Å². The minimum atomic E-state index is -0.156. The SMILES string of the molecule is Oc1cc(O)c(-c2n[nH]cc2N2CCN(Cc3ccco3)CC2)cc1Cl. The van der Waals surface area contributed by atoms with Gasteiger partial charge in [-0.25, -0.2) is 0 Å². The summed E-state index contributed by atoms with van der Waals surface area (Å²) in [6.45, 7) is 4.26. The highest BCUT2D eigenvalue weighted by molar-refractivity contribution is 6.32. The van der Waals surface area contributed by atoms with Gasteiger partial charge in [0.1, 0.15) is 23.0 Å². The van der Waals surface area contributed by atoms with Crippen LogP contribution in [0.2, 0.25) is 5.02 Å². The van der Waals surface area contributed by atoms with E-state index in [-0.39, 0.29) is 16.5 Å². The summed E-state index contributed by atoms with van der Waals surface area (Å²) in [7, 11) is 0. The lowest BCUT2D eigenvalue weighted by Crippen LogP contribution is -2.46. The first-order valence-electron chi connectivity index (χ1n) is 8.37. The van der Waals surface area contributed by atoms with Crippen LogP contribution in [0.15, 0.2) is 41.1 Å². The lowest BCUT2D eigenvalue weighted by atomic mass is 10.1. The Hall–Kier alpha value is -2.64. The Labute approximate surface area is 155 Å². The summed E-state index contributed by atoms with van der Waals surface area (Å²) in [6.07, 6.45) is 3.51. The van der Waals surface area contributed by atoms with Crippen LogP contribution >= 0.6 is 11.6 Å². The average Bonchev–Trinajstić information content (AvgIpc) is 3.31. The van der Waals surface area contributed by atoms with E-state index in [1.807, 2.05) is 18.3 Å². The Morgan fingerprint density at radius 3 is 2.69 bits per heavy atom. The lowest BCUT2D eigenvalue weighted by molar-refractivity contribution is 0.230. The smallest absolute Gasteiger partial charge is 0.137 e. The standard InChI is InChI=1S/C18H19ClN4O3/c19-14-8-13(16(24)9-17(14)25)18-15(10-20-21-18)23-5-3-22(4-6-23)11-12-2-1-7-26-12/h1-2,7-10,24-25H,3-6,11H2,(H,20,21). The minimum absolute atomic E-state index is 0.0586. The molecular formula is C18H19ClN4O3. The first-order valence-corrected chi connectivity index (χ1v) is 8.75. The van der Waals surface area contributed by atoms with Gasteiger partial charge in [-0.05, 0) is 18.2 Å². The van der Waals surface area contributed by atoms with Crippen molar-refractivity contribution in [1.29, 1.82) is 0 Å². The van der Waals surface area contributed by atoms with E-state index < -0.39 is 0 Å². The van der Waals surface area contributed by atoms with Crippen molar-refractivity contribution in [3.8, 4) is 22.8 Å². The van der Waals surface area contributed by atoms with Gasteiger partial charge in [-0.1, -0.05) is 11.6 Å². The summed E-state index contributed by atoms with van der Waals surface area (Å²) in [5.74, 6) is 0.749. The summed E-state index contributed by atoms with van der Waals surface area (Å²) < 4.78 is 5.42. The maximum absolute atomic E-state index is 10.2. The second kappa shape index (κ2) is 6.93. The zero-order valence-electron chi connectivity index (χ0n) is 14.0. The van der Waals surface area contributed by atoms with Gasteiger partial charge in [0.05, 0.1) is 23.5 Å². The van der Waals surface area contributed by atoms with Gasteiger partial charge in [0.25, 0.3) is 0 Å². The van der Waals surface area contributed by atoms with E-state index in [9.17, 15) is 10.2 Å². The van der Waals surface area contributed by atoms with Crippen LogP contribution in [0.4, 0.5) is 5.69 Å². The van der Waals surface area contributed by atoms with Crippen LogP contribution in [-0.4, -0.2) is 51.5 Å². The third-order valence-electron chi connectivity index (χ3n) is 4.61. The van der Waals surface area contributed by atoms with Gasteiger partial charge < -0.3 is 19.5 Å². The largest absolute Gasteiger partial charge is 0.507 e. The number of hydrogen-bond acceptors (Lipinski definition) is 6. The van der Waals surface area contributed by atoms with E-state index in [1.54, 1.807) is 6.26 Å². The molecule has 0 bridgehead atoms. The first kappa shape index (κ1) is 16.8. The van der Waals surface area contributed by atoms with Gasteiger partial charge in [-0.2, -0.15) is 5.10 Å². The number of halogens is 1. The number of aromatic nitrogens is 2. The molecule has 4 rings (SSSR count). The molecule has 0 spiro atoms. The fourth-order valence-corrected chi connectivity index (χ4v) is 3.40. The number of furan rings is 1. The second-order valence-electron chi connectivity index (χ2n) is 6.28. The summed E-state index contributed by atoms with van der Waals surface area (Å²) in [4.78, 5) is 4.56. The molecule has 3 N–H and O–H groups in total. The molecule has 0 atom stereocenters. The van der Waals surface area contributed by atoms with Crippen LogP contribution in [0.1, 0.15) is 5.76 Å². The number of phenolic OH excluding ortho intramolecular Hbond substituents is 2. The monoisotopic (exact) mass is 374 g/mol. The summed E-state index contributed by atoms with van der Waals surface area (Å²) in [5.41, 5.74) is 2.01. The van der Waals surface area contributed by atoms with Crippen LogP contribution in [0.25, 0.3) is 11.3 Å². The third-order valence-corrected chi connectivity index (χ3v) is 4.92. The highest BCUT2D eigenvalue weighted by atomic mass is 35.5. The maximum atomic E-state index is 10.2. The molecule has 3 aromatic rings. The summed E-state index contributed by atoms with van der Waals surface area (Å²) >= 11 is 6.00. The number of anilines is 1. The molecule has 7 nitrogen and oxygen atoms in total. The molecule has 1 aliphatic heterocycles. The summed E-state index contributed by atoms with van der Waals surface area (Å²) in [5, 5.41) is 27.1. The van der Waals surface area contributed by atoms with Crippen LogP contribution in [0.3, 0.4) is 0 Å². The highest BCUT2D eigenvalue weighted by Gasteiger charge is 2.23. The van der Waals surface area contributed by atoms with Crippen LogP contribution in [0, 0.1) is 0 Å². The molecule has 26 heavy (non-hydrogen) atoms. The zero-order valence-corrected chi connectivity index (χ0v) is 14.8. The lowest BCUT2D eigenvalue weighted by Gasteiger charge is -2.35. The predicted octanol–water partition coefficient (Wildman–Crippen LogP) is 3.06. The average molecular weight is 375 g/mol. The Kier molecular flexibility index (Phi) is 4.48. The Morgan fingerprint density at radius 2 is 1.96 bits per heavy atom. The molecule has 1 fully saturated rings. The number of piperazine rings is 1. The van der Waals surface area contributed by atoms with E-state index >= 15 is 0 Å². The van der Waals surface area contributed by atoms with Gasteiger partial charge in [0.2, 0.25) is 0 Å². The second-order valence-corrected chi connectivity index (χ2v) is 6.69. The number of hydrogen-bond donors (Lipinski definition) is 3. The molecule has 136 valence electrons. The Bertz CT molecular complexity index is 886. The van der Waals surface area contributed by atoms with Gasteiger partial charge in [-0.3, -0.25) is 10.00 Å². The molecule has 8 heteroatoms. The van der Waals surface area contributed by atoms with E-state index in [0.717, 1.165) is 44.2 Å². The normalized spacial score (nSPS) is 15.5. The fraction of sp³-hybridized carbons (Fsp3) is 0.278. The molecule has 0 amide bonds.